The van der Waals surface area contributed by atoms with Gasteiger partial charge in [-0.1, -0.05) is 42.3 Å². The molecule has 0 radical (unpaired) electrons. The van der Waals surface area contributed by atoms with Gasteiger partial charge in [0.2, 0.25) is 0 Å². The van der Waals surface area contributed by atoms with Crippen molar-refractivity contribution in [1.29, 1.82) is 0 Å². The molecule has 4 nitrogen and oxygen atoms in total. The molecule has 0 N–H and O–H groups in total. The van der Waals surface area contributed by atoms with Crippen LogP contribution in [-0.4, -0.2) is 30.6 Å². The van der Waals surface area contributed by atoms with Crippen molar-refractivity contribution < 1.29 is 14.3 Å². The van der Waals surface area contributed by atoms with Crippen LogP contribution in [-0.2, 0) is 22.6 Å². The lowest BCUT2D eigenvalue weighted by Crippen LogP contribution is -2.50. The zero-order chi connectivity index (χ0) is 23.3. The Hall–Kier alpha value is -1.75. The average molecular weight is 478 g/mol. The summed E-state index contributed by atoms with van der Waals surface area (Å²) < 4.78 is 9.89. The number of aryl methyl sites for hydroxylation is 1. The van der Waals surface area contributed by atoms with Crippen LogP contribution in [0.5, 0.6) is 5.75 Å². The second-order valence-corrected chi connectivity index (χ2v) is 10.2. The van der Waals surface area contributed by atoms with E-state index in [9.17, 15) is 0 Å². The Balaban J connectivity index is 0.000000668. The largest absolute Gasteiger partial charge is 0.489 e. The highest BCUT2D eigenvalue weighted by Gasteiger charge is 2.40. The quantitative estimate of drug-likeness (QED) is 0.440. The zero-order valence-electron chi connectivity index (χ0n) is 19.4. The van der Waals surface area contributed by atoms with Gasteiger partial charge in [-0.3, -0.25) is 9.69 Å². The third-order valence-corrected chi connectivity index (χ3v) is 7.27. The maximum atomic E-state index is 8.95. The highest BCUT2D eigenvalue weighted by atomic mass is 35.5. The van der Waals surface area contributed by atoms with Gasteiger partial charge >= 0.3 is 0 Å². The van der Waals surface area contributed by atoms with Gasteiger partial charge < -0.3 is 9.47 Å². The number of nitrogens with zero attached hydrogens (tertiary/aromatic N) is 1. The van der Waals surface area contributed by atoms with Crippen LogP contribution in [0.1, 0.15) is 62.8 Å². The average Bonchev–Trinajstić information content (AvgIpc) is 3.16. The predicted octanol–water partition coefficient (Wildman–Crippen LogP) is 6.86. The van der Waals surface area contributed by atoms with Gasteiger partial charge in [-0.2, -0.15) is 0 Å². The van der Waals surface area contributed by atoms with E-state index >= 15 is 0 Å². The highest BCUT2D eigenvalue weighted by molar-refractivity contribution is 6.35. The molecule has 4 rings (SSSR count). The summed E-state index contributed by atoms with van der Waals surface area (Å²) in [5, 5.41) is 1.30. The molecule has 2 aromatic carbocycles. The summed E-state index contributed by atoms with van der Waals surface area (Å²) in [7, 11) is 1.31. The molecule has 0 saturated carbocycles. The number of hydrogen-bond donors (Lipinski definition) is 0. The van der Waals surface area contributed by atoms with Crippen LogP contribution in [0, 0.1) is 5.92 Å². The van der Waals surface area contributed by atoms with Crippen molar-refractivity contribution in [2.75, 3.05) is 13.7 Å². The Bertz CT molecular complexity index is 911. The lowest BCUT2D eigenvalue weighted by molar-refractivity contribution is -0.126. The van der Waals surface area contributed by atoms with Crippen LogP contribution >= 0.6 is 23.2 Å². The molecule has 2 aliphatic rings. The molecule has 1 aliphatic heterocycles. The Kier molecular flexibility index (Phi) is 8.49. The van der Waals surface area contributed by atoms with E-state index in [0.717, 1.165) is 23.7 Å². The van der Waals surface area contributed by atoms with Crippen molar-refractivity contribution in [1.82, 2.24) is 4.90 Å². The number of fused-ring (bicyclic) bond motifs is 1. The fourth-order valence-electron chi connectivity index (χ4n) is 5.12. The van der Waals surface area contributed by atoms with E-state index in [2.05, 4.69) is 48.6 Å². The molecule has 2 aromatic rings. The number of rotatable bonds is 5. The first-order valence-corrected chi connectivity index (χ1v) is 11.9. The molecule has 1 heterocycles. The molecular weight excluding hydrogens is 445 g/mol. The SMILES string of the molecule is CC1CCN(C2CCc3cc(OCc4c(Cl)cccc4Cl)ccc32)C(C)(C)C1.COC=O. The lowest BCUT2D eigenvalue weighted by Gasteiger charge is -2.48. The molecule has 1 fully saturated rings. The number of piperidine rings is 1. The Morgan fingerprint density at radius 3 is 2.47 bits per heavy atom. The van der Waals surface area contributed by atoms with Crippen LogP contribution in [0.15, 0.2) is 36.4 Å². The molecular formula is C26H33Cl2NO3. The molecule has 6 heteroatoms. The molecule has 32 heavy (non-hydrogen) atoms. The first-order chi connectivity index (χ1) is 15.3. The summed E-state index contributed by atoms with van der Waals surface area (Å²) >= 11 is 12.5. The van der Waals surface area contributed by atoms with Crippen molar-refractivity contribution in [3.8, 4) is 5.75 Å². The fourth-order valence-corrected chi connectivity index (χ4v) is 5.63. The summed E-state index contributed by atoms with van der Waals surface area (Å²) in [5.74, 6) is 1.71. The molecule has 2 atom stereocenters. The number of halogens is 2. The van der Waals surface area contributed by atoms with Gasteiger partial charge in [0.25, 0.3) is 6.47 Å². The van der Waals surface area contributed by atoms with Crippen LogP contribution in [0.3, 0.4) is 0 Å². The van der Waals surface area contributed by atoms with E-state index in [-0.39, 0.29) is 5.54 Å². The van der Waals surface area contributed by atoms with E-state index in [1.165, 1.54) is 44.0 Å². The molecule has 0 spiro atoms. The predicted molar refractivity (Wildman–Crippen MR) is 131 cm³/mol. The van der Waals surface area contributed by atoms with E-state index in [4.69, 9.17) is 32.7 Å². The molecule has 2 unspecified atom stereocenters. The first kappa shape index (κ1) is 24.9. The second-order valence-electron chi connectivity index (χ2n) is 9.34. The van der Waals surface area contributed by atoms with Crippen LogP contribution in [0.25, 0.3) is 0 Å². The van der Waals surface area contributed by atoms with Gasteiger partial charge in [0, 0.05) is 27.2 Å². The summed E-state index contributed by atoms with van der Waals surface area (Å²) in [4.78, 5) is 11.7. The molecule has 174 valence electrons. The number of ether oxygens (including phenoxy) is 2. The second kappa shape index (κ2) is 10.9. The topological polar surface area (TPSA) is 38.8 Å². The minimum absolute atomic E-state index is 0.264. The Morgan fingerprint density at radius 2 is 1.84 bits per heavy atom. The standard InChI is InChI=1S/C24H29Cl2NO.C2H4O2/c1-16-11-12-27(24(2,3)14-16)23-10-7-17-13-18(8-9-19(17)23)28-15-20-21(25)5-4-6-22(20)26;1-4-2-3/h4-6,8-9,13,16,23H,7,10-12,14-15H2,1-3H3;2H,1H3. The fraction of sp³-hybridized carbons (Fsp3) is 0.500. The molecule has 0 bridgehead atoms. The molecule has 1 saturated heterocycles. The van der Waals surface area contributed by atoms with Gasteiger partial charge in [-0.25, -0.2) is 0 Å². The van der Waals surface area contributed by atoms with Crippen molar-refractivity contribution >= 4 is 29.7 Å². The maximum Gasteiger partial charge on any atom is 0.292 e. The number of hydrogen-bond acceptors (Lipinski definition) is 4. The highest BCUT2D eigenvalue weighted by Crippen LogP contribution is 2.44. The van der Waals surface area contributed by atoms with Crippen molar-refractivity contribution in [2.45, 2.75) is 64.6 Å². The number of carbonyl (C=O) groups is 1. The van der Waals surface area contributed by atoms with Gasteiger partial charge in [-0.15, -0.1) is 0 Å². The van der Waals surface area contributed by atoms with E-state index in [1.54, 1.807) is 0 Å². The summed E-state index contributed by atoms with van der Waals surface area (Å²) in [5.41, 5.74) is 4.00. The Morgan fingerprint density at radius 1 is 1.16 bits per heavy atom. The van der Waals surface area contributed by atoms with Crippen LogP contribution in [0.2, 0.25) is 10.0 Å². The van der Waals surface area contributed by atoms with E-state index < -0.39 is 0 Å². The van der Waals surface area contributed by atoms with Crippen LogP contribution in [0.4, 0.5) is 0 Å². The maximum absolute atomic E-state index is 8.95. The number of carbonyl (C=O) groups excluding carboxylic acids is 1. The molecule has 0 amide bonds. The summed E-state index contributed by atoms with van der Waals surface area (Å²) in [6, 6.07) is 12.7. The lowest BCUT2D eigenvalue weighted by atomic mass is 9.82. The van der Waals surface area contributed by atoms with Crippen molar-refractivity contribution in [3.05, 3.63) is 63.1 Å². The van der Waals surface area contributed by atoms with Crippen molar-refractivity contribution in [3.63, 3.8) is 0 Å². The van der Waals surface area contributed by atoms with Gasteiger partial charge in [0.15, 0.2) is 0 Å². The number of methoxy groups -OCH3 is 1. The van der Waals surface area contributed by atoms with Gasteiger partial charge in [0.05, 0.1) is 7.11 Å². The third-order valence-electron chi connectivity index (χ3n) is 6.57. The minimum Gasteiger partial charge on any atom is -0.489 e. The smallest absolute Gasteiger partial charge is 0.292 e. The minimum atomic E-state index is 0.264. The van der Waals surface area contributed by atoms with Crippen LogP contribution < -0.4 is 4.74 Å². The normalized spacial score (nSPS) is 21.8. The number of benzene rings is 2. The van der Waals surface area contributed by atoms with Gasteiger partial charge in [0.1, 0.15) is 12.4 Å². The Labute approximate surface area is 201 Å². The zero-order valence-corrected chi connectivity index (χ0v) is 20.9. The molecule has 0 aromatic heterocycles. The van der Waals surface area contributed by atoms with Gasteiger partial charge in [-0.05, 0) is 87.4 Å². The summed E-state index contributed by atoms with van der Waals surface area (Å²) in [6.07, 6.45) is 4.90. The third kappa shape index (κ3) is 5.78. The molecule has 1 aliphatic carbocycles. The first-order valence-electron chi connectivity index (χ1n) is 11.2. The monoisotopic (exact) mass is 477 g/mol. The van der Waals surface area contributed by atoms with Crippen molar-refractivity contribution in [2.24, 2.45) is 5.92 Å². The number of likely N-dealkylation sites (tertiary alicyclic amines) is 1. The van der Waals surface area contributed by atoms with E-state index in [1.807, 2.05) is 18.2 Å². The van der Waals surface area contributed by atoms with E-state index in [0.29, 0.717) is 29.2 Å². The summed E-state index contributed by atoms with van der Waals surface area (Å²) in [6.45, 7) is 9.16.